The first-order valence-corrected chi connectivity index (χ1v) is 7.14. The molecule has 0 radical (unpaired) electrons. The van der Waals surface area contributed by atoms with Crippen molar-refractivity contribution in [2.75, 3.05) is 32.8 Å². The summed E-state index contributed by atoms with van der Waals surface area (Å²) in [4.78, 5) is 4.57. The zero-order chi connectivity index (χ0) is 12.6. The SMILES string of the molecule is CCNC(=NCC1CCCO1)NCC1CCCO1. The van der Waals surface area contributed by atoms with Gasteiger partial charge in [-0.05, 0) is 32.6 Å². The minimum Gasteiger partial charge on any atom is -0.376 e. The molecule has 104 valence electrons. The van der Waals surface area contributed by atoms with E-state index in [4.69, 9.17) is 9.47 Å². The van der Waals surface area contributed by atoms with Crippen molar-refractivity contribution >= 4 is 5.96 Å². The predicted octanol–water partition coefficient (Wildman–Crippen LogP) is 0.900. The Bertz CT molecular complexity index is 259. The Labute approximate surface area is 109 Å². The smallest absolute Gasteiger partial charge is 0.191 e. The van der Waals surface area contributed by atoms with Crippen LogP contribution in [-0.4, -0.2) is 51.0 Å². The maximum atomic E-state index is 5.59. The van der Waals surface area contributed by atoms with E-state index in [2.05, 4.69) is 22.5 Å². The van der Waals surface area contributed by atoms with Gasteiger partial charge in [0.15, 0.2) is 5.96 Å². The van der Waals surface area contributed by atoms with Crippen LogP contribution in [-0.2, 0) is 9.47 Å². The minimum atomic E-state index is 0.309. The molecule has 2 aliphatic heterocycles. The summed E-state index contributed by atoms with van der Waals surface area (Å²) in [6.45, 7) is 6.34. The second kappa shape index (κ2) is 7.59. The topological polar surface area (TPSA) is 54.9 Å². The van der Waals surface area contributed by atoms with Gasteiger partial charge in [-0.1, -0.05) is 0 Å². The number of nitrogens with zero attached hydrogens (tertiary/aromatic N) is 1. The number of aliphatic imine (C=N–C) groups is 1. The summed E-state index contributed by atoms with van der Waals surface area (Å²) in [6, 6.07) is 0. The van der Waals surface area contributed by atoms with Crippen molar-refractivity contribution in [3.63, 3.8) is 0 Å². The number of rotatable bonds is 5. The third kappa shape index (κ3) is 4.46. The number of hydrogen-bond donors (Lipinski definition) is 2. The second-order valence-corrected chi connectivity index (χ2v) is 4.87. The summed E-state index contributed by atoms with van der Waals surface area (Å²) in [5, 5.41) is 6.60. The molecular weight excluding hydrogens is 230 g/mol. The van der Waals surface area contributed by atoms with Crippen LogP contribution in [0.15, 0.2) is 4.99 Å². The molecule has 2 rings (SSSR count). The monoisotopic (exact) mass is 255 g/mol. The summed E-state index contributed by atoms with van der Waals surface area (Å²) in [5.41, 5.74) is 0. The van der Waals surface area contributed by atoms with Gasteiger partial charge < -0.3 is 20.1 Å². The number of nitrogens with one attached hydrogen (secondary N) is 2. The molecule has 5 nitrogen and oxygen atoms in total. The van der Waals surface area contributed by atoms with Crippen LogP contribution < -0.4 is 10.6 Å². The van der Waals surface area contributed by atoms with E-state index in [1.807, 2.05) is 0 Å². The lowest BCUT2D eigenvalue weighted by atomic mass is 10.2. The van der Waals surface area contributed by atoms with Crippen LogP contribution in [0.5, 0.6) is 0 Å². The quantitative estimate of drug-likeness (QED) is 0.566. The van der Waals surface area contributed by atoms with Gasteiger partial charge in [0.1, 0.15) is 0 Å². The highest BCUT2D eigenvalue weighted by Crippen LogP contribution is 2.12. The van der Waals surface area contributed by atoms with Gasteiger partial charge in [0.05, 0.1) is 18.8 Å². The Morgan fingerprint density at radius 1 is 1.11 bits per heavy atom. The number of hydrogen-bond acceptors (Lipinski definition) is 3. The lowest BCUT2D eigenvalue weighted by molar-refractivity contribution is 0.113. The summed E-state index contributed by atoms with van der Waals surface area (Å²) < 4.78 is 11.2. The highest BCUT2D eigenvalue weighted by Gasteiger charge is 2.17. The second-order valence-electron chi connectivity index (χ2n) is 4.87. The lowest BCUT2D eigenvalue weighted by Gasteiger charge is -2.15. The van der Waals surface area contributed by atoms with Crippen LogP contribution in [0.25, 0.3) is 0 Å². The molecule has 2 N–H and O–H groups in total. The zero-order valence-corrected chi connectivity index (χ0v) is 11.3. The first kappa shape index (κ1) is 13.6. The van der Waals surface area contributed by atoms with E-state index >= 15 is 0 Å². The normalized spacial score (nSPS) is 28.6. The van der Waals surface area contributed by atoms with Crippen molar-refractivity contribution in [3.8, 4) is 0 Å². The van der Waals surface area contributed by atoms with E-state index in [9.17, 15) is 0 Å². The summed E-state index contributed by atoms with van der Waals surface area (Å²) in [7, 11) is 0. The fourth-order valence-corrected chi connectivity index (χ4v) is 2.34. The Morgan fingerprint density at radius 2 is 1.83 bits per heavy atom. The molecule has 0 aromatic carbocycles. The maximum absolute atomic E-state index is 5.59. The van der Waals surface area contributed by atoms with E-state index in [-0.39, 0.29) is 0 Å². The molecule has 0 saturated carbocycles. The molecule has 0 spiro atoms. The largest absolute Gasteiger partial charge is 0.376 e. The Balaban J connectivity index is 1.72. The van der Waals surface area contributed by atoms with Crippen molar-refractivity contribution in [2.24, 2.45) is 4.99 Å². The molecule has 2 fully saturated rings. The lowest BCUT2D eigenvalue weighted by Crippen LogP contribution is -2.41. The van der Waals surface area contributed by atoms with Gasteiger partial charge in [-0.15, -0.1) is 0 Å². The van der Waals surface area contributed by atoms with Crippen LogP contribution in [0.4, 0.5) is 0 Å². The molecule has 0 aromatic rings. The van der Waals surface area contributed by atoms with Gasteiger partial charge in [0.25, 0.3) is 0 Å². The Kier molecular flexibility index (Phi) is 5.74. The fraction of sp³-hybridized carbons (Fsp3) is 0.923. The molecule has 0 aromatic heterocycles. The van der Waals surface area contributed by atoms with E-state index in [0.717, 1.165) is 51.6 Å². The van der Waals surface area contributed by atoms with Gasteiger partial charge in [-0.25, -0.2) is 0 Å². The van der Waals surface area contributed by atoms with Crippen LogP contribution in [0.3, 0.4) is 0 Å². The molecule has 2 heterocycles. The van der Waals surface area contributed by atoms with Crippen LogP contribution in [0.1, 0.15) is 32.6 Å². The average molecular weight is 255 g/mol. The third-order valence-corrected chi connectivity index (χ3v) is 3.34. The standard InChI is InChI=1S/C13H25N3O2/c1-2-14-13(15-9-11-5-3-7-17-11)16-10-12-6-4-8-18-12/h11-12H,2-10H2,1H3,(H2,14,15,16). The van der Waals surface area contributed by atoms with Gasteiger partial charge in [-0.2, -0.15) is 0 Å². The third-order valence-electron chi connectivity index (χ3n) is 3.34. The first-order chi connectivity index (χ1) is 8.88. The molecule has 0 bridgehead atoms. The Morgan fingerprint density at radius 3 is 2.44 bits per heavy atom. The molecule has 18 heavy (non-hydrogen) atoms. The summed E-state index contributed by atoms with van der Waals surface area (Å²) >= 11 is 0. The average Bonchev–Trinajstić information content (AvgIpc) is 3.05. The highest BCUT2D eigenvalue weighted by atomic mass is 16.5. The fourth-order valence-electron chi connectivity index (χ4n) is 2.34. The predicted molar refractivity (Wildman–Crippen MR) is 71.9 cm³/mol. The number of ether oxygens (including phenoxy) is 2. The molecule has 0 aliphatic carbocycles. The van der Waals surface area contributed by atoms with Crippen molar-refractivity contribution in [1.29, 1.82) is 0 Å². The molecule has 2 atom stereocenters. The van der Waals surface area contributed by atoms with Crippen LogP contribution in [0.2, 0.25) is 0 Å². The van der Waals surface area contributed by atoms with Gasteiger partial charge >= 0.3 is 0 Å². The van der Waals surface area contributed by atoms with Gasteiger partial charge in [0, 0.05) is 26.3 Å². The molecule has 2 aliphatic rings. The molecule has 5 heteroatoms. The van der Waals surface area contributed by atoms with E-state index in [1.54, 1.807) is 0 Å². The van der Waals surface area contributed by atoms with Crippen molar-refractivity contribution < 1.29 is 9.47 Å². The highest BCUT2D eigenvalue weighted by molar-refractivity contribution is 5.79. The molecule has 0 amide bonds. The van der Waals surface area contributed by atoms with Gasteiger partial charge in [0.2, 0.25) is 0 Å². The molecular formula is C13H25N3O2. The molecule has 2 unspecified atom stereocenters. The van der Waals surface area contributed by atoms with Crippen molar-refractivity contribution in [2.45, 2.75) is 44.8 Å². The summed E-state index contributed by atoms with van der Waals surface area (Å²) in [5.74, 6) is 0.878. The van der Waals surface area contributed by atoms with Crippen molar-refractivity contribution in [3.05, 3.63) is 0 Å². The maximum Gasteiger partial charge on any atom is 0.191 e. The van der Waals surface area contributed by atoms with Crippen molar-refractivity contribution in [1.82, 2.24) is 10.6 Å². The molecule has 2 saturated heterocycles. The van der Waals surface area contributed by atoms with E-state index in [1.165, 1.54) is 12.8 Å². The summed E-state index contributed by atoms with van der Waals surface area (Å²) in [6.07, 6.45) is 5.28. The van der Waals surface area contributed by atoms with Crippen LogP contribution >= 0.6 is 0 Å². The van der Waals surface area contributed by atoms with E-state index < -0.39 is 0 Å². The van der Waals surface area contributed by atoms with Gasteiger partial charge in [-0.3, -0.25) is 4.99 Å². The first-order valence-electron chi connectivity index (χ1n) is 7.14. The number of guanidine groups is 1. The van der Waals surface area contributed by atoms with Crippen LogP contribution in [0, 0.1) is 0 Å². The Hall–Kier alpha value is -0.810. The van der Waals surface area contributed by atoms with E-state index in [0.29, 0.717) is 12.2 Å². The minimum absolute atomic E-state index is 0.309. The zero-order valence-electron chi connectivity index (χ0n) is 11.3.